The summed E-state index contributed by atoms with van der Waals surface area (Å²) < 4.78 is 0. The van der Waals surface area contributed by atoms with Crippen LogP contribution in [0.2, 0.25) is 0 Å². The van der Waals surface area contributed by atoms with Crippen LogP contribution in [0.5, 0.6) is 0 Å². The average Bonchev–Trinajstić information content (AvgIpc) is 3.31. The van der Waals surface area contributed by atoms with E-state index in [1.54, 1.807) is 6.07 Å². The Morgan fingerprint density at radius 3 is 2.45 bits per heavy atom. The number of amides is 2. The highest BCUT2D eigenvalue weighted by molar-refractivity contribution is 6.22. The summed E-state index contributed by atoms with van der Waals surface area (Å²) in [6, 6.07) is 23.5. The first-order valence-corrected chi connectivity index (χ1v) is 11.5. The van der Waals surface area contributed by atoms with Crippen molar-refractivity contribution in [3.05, 3.63) is 101 Å². The molecule has 1 atom stereocenters. The van der Waals surface area contributed by atoms with Gasteiger partial charge in [0.05, 0.1) is 17.8 Å². The molecule has 2 heterocycles. The second-order valence-electron chi connectivity index (χ2n) is 8.54. The Morgan fingerprint density at radius 2 is 1.67 bits per heavy atom. The van der Waals surface area contributed by atoms with Crippen molar-refractivity contribution in [2.75, 3.05) is 4.90 Å². The molecule has 0 saturated carbocycles. The largest absolute Gasteiger partial charge is 0.391 e. The third-order valence-electron chi connectivity index (χ3n) is 6.43. The van der Waals surface area contributed by atoms with Crippen LogP contribution in [0.4, 0.5) is 5.69 Å². The molecule has 2 aliphatic heterocycles. The summed E-state index contributed by atoms with van der Waals surface area (Å²) in [6.45, 7) is 2.12. The van der Waals surface area contributed by atoms with Gasteiger partial charge in [-0.1, -0.05) is 72.7 Å². The first kappa shape index (κ1) is 21.1. The van der Waals surface area contributed by atoms with Crippen molar-refractivity contribution in [2.45, 2.75) is 45.1 Å². The van der Waals surface area contributed by atoms with Crippen LogP contribution in [-0.2, 0) is 28.9 Å². The Hall–Kier alpha value is -3.73. The summed E-state index contributed by atoms with van der Waals surface area (Å²) in [4.78, 5) is 34.0. The SMILES string of the molecule is CCc1ccc(C2=NOC(CC(=O)N3C(=O)c4ccccc4CCc4ccccc43)C2)cc1. The van der Waals surface area contributed by atoms with Gasteiger partial charge >= 0.3 is 0 Å². The molecule has 166 valence electrons. The molecule has 0 spiro atoms. The van der Waals surface area contributed by atoms with Crippen molar-refractivity contribution in [3.63, 3.8) is 0 Å². The zero-order valence-electron chi connectivity index (χ0n) is 18.7. The Bertz CT molecular complexity index is 1230. The molecule has 0 aromatic heterocycles. The molecule has 5 nitrogen and oxygen atoms in total. The maximum Gasteiger partial charge on any atom is 0.265 e. The fourth-order valence-electron chi connectivity index (χ4n) is 4.56. The van der Waals surface area contributed by atoms with Crippen molar-refractivity contribution in [3.8, 4) is 0 Å². The topological polar surface area (TPSA) is 59.0 Å². The van der Waals surface area contributed by atoms with Gasteiger partial charge in [-0.05, 0) is 53.6 Å². The lowest BCUT2D eigenvalue weighted by Gasteiger charge is -2.27. The lowest BCUT2D eigenvalue weighted by Crippen LogP contribution is -2.40. The van der Waals surface area contributed by atoms with E-state index in [2.05, 4.69) is 24.2 Å². The zero-order valence-corrected chi connectivity index (χ0v) is 18.7. The number of imide groups is 1. The Balaban J connectivity index is 1.37. The molecule has 5 rings (SSSR count). The summed E-state index contributed by atoms with van der Waals surface area (Å²) in [5, 5.41) is 4.23. The van der Waals surface area contributed by atoms with Gasteiger partial charge in [0.15, 0.2) is 0 Å². The number of fused-ring (bicyclic) bond motifs is 2. The summed E-state index contributed by atoms with van der Waals surface area (Å²) in [5.74, 6) is -0.552. The number of rotatable bonds is 4. The molecule has 3 aromatic rings. The van der Waals surface area contributed by atoms with Crippen molar-refractivity contribution >= 4 is 23.2 Å². The van der Waals surface area contributed by atoms with Crippen LogP contribution in [0.1, 0.15) is 52.4 Å². The zero-order chi connectivity index (χ0) is 22.8. The van der Waals surface area contributed by atoms with Crippen LogP contribution in [0.15, 0.2) is 78.0 Å². The monoisotopic (exact) mass is 438 g/mol. The number of hydrogen-bond donors (Lipinski definition) is 0. The minimum atomic E-state index is -0.390. The molecule has 0 fully saturated rings. The van der Waals surface area contributed by atoms with E-state index in [0.717, 1.165) is 41.7 Å². The first-order valence-electron chi connectivity index (χ1n) is 11.5. The summed E-state index contributed by atoms with van der Waals surface area (Å²) in [5.41, 5.74) is 6.31. The maximum atomic E-state index is 13.5. The highest BCUT2D eigenvalue weighted by Crippen LogP contribution is 2.30. The second-order valence-corrected chi connectivity index (χ2v) is 8.54. The molecule has 2 aliphatic rings. The number of para-hydroxylation sites is 1. The van der Waals surface area contributed by atoms with E-state index >= 15 is 0 Å². The molecule has 5 heteroatoms. The van der Waals surface area contributed by atoms with Crippen molar-refractivity contribution in [1.82, 2.24) is 0 Å². The molecule has 33 heavy (non-hydrogen) atoms. The molecular weight excluding hydrogens is 412 g/mol. The van der Waals surface area contributed by atoms with Gasteiger partial charge in [-0.2, -0.15) is 0 Å². The molecule has 3 aromatic carbocycles. The number of nitrogens with zero attached hydrogens (tertiary/aromatic N) is 2. The molecule has 0 saturated heterocycles. The Morgan fingerprint density at radius 1 is 0.970 bits per heavy atom. The van der Waals surface area contributed by atoms with E-state index in [1.165, 1.54) is 10.5 Å². The molecule has 1 unspecified atom stereocenters. The van der Waals surface area contributed by atoms with Gasteiger partial charge in [0.1, 0.15) is 6.10 Å². The van der Waals surface area contributed by atoms with Crippen LogP contribution in [0, 0.1) is 0 Å². The summed E-state index contributed by atoms with van der Waals surface area (Å²) in [6.07, 6.45) is 2.75. The first-order chi connectivity index (χ1) is 16.1. The minimum Gasteiger partial charge on any atom is -0.391 e. The van der Waals surface area contributed by atoms with Gasteiger partial charge in [-0.25, -0.2) is 4.90 Å². The van der Waals surface area contributed by atoms with Crippen LogP contribution in [0.25, 0.3) is 0 Å². The minimum absolute atomic E-state index is 0.0856. The number of carbonyl (C=O) groups excluding carboxylic acids is 2. The Kier molecular flexibility index (Phi) is 5.78. The van der Waals surface area contributed by atoms with Gasteiger partial charge in [-0.15, -0.1) is 0 Å². The number of aryl methyl sites for hydroxylation is 3. The second kappa shape index (κ2) is 9.02. The van der Waals surface area contributed by atoms with Crippen molar-refractivity contribution in [2.24, 2.45) is 5.16 Å². The average molecular weight is 439 g/mol. The van der Waals surface area contributed by atoms with Gasteiger partial charge in [-0.3, -0.25) is 9.59 Å². The predicted octanol–water partition coefficient (Wildman–Crippen LogP) is 5.10. The molecule has 0 bridgehead atoms. The third kappa shape index (κ3) is 4.19. The predicted molar refractivity (Wildman–Crippen MR) is 129 cm³/mol. The fourth-order valence-corrected chi connectivity index (χ4v) is 4.56. The van der Waals surface area contributed by atoms with Gasteiger partial charge in [0.2, 0.25) is 5.91 Å². The fraction of sp³-hybridized carbons (Fsp3) is 0.250. The smallest absolute Gasteiger partial charge is 0.265 e. The molecule has 0 radical (unpaired) electrons. The number of anilines is 1. The number of oxime groups is 1. The van der Waals surface area contributed by atoms with E-state index in [-0.39, 0.29) is 24.3 Å². The molecule has 0 aliphatic carbocycles. The number of carbonyl (C=O) groups is 2. The van der Waals surface area contributed by atoms with E-state index in [0.29, 0.717) is 17.7 Å². The van der Waals surface area contributed by atoms with Gasteiger partial charge < -0.3 is 4.84 Å². The maximum absolute atomic E-state index is 13.5. The molecule has 2 amide bonds. The van der Waals surface area contributed by atoms with E-state index in [9.17, 15) is 9.59 Å². The normalized spacial score (nSPS) is 17.4. The number of hydrogen-bond acceptors (Lipinski definition) is 4. The summed E-state index contributed by atoms with van der Waals surface area (Å²) >= 11 is 0. The van der Waals surface area contributed by atoms with Crippen LogP contribution >= 0.6 is 0 Å². The highest BCUT2D eigenvalue weighted by Gasteiger charge is 2.33. The van der Waals surface area contributed by atoms with Crippen molar-refractivity contribution < 1.29 is 14.4 Å². The molecule has 0 N–H and O–H groups in total. The third-order valence-corrected chi connectivity index (χ3v) is 6.43. The van der Waals surface area contributed by atoms with Crippen molar-refractivity contribution in [1.29, 1.82) is 0 Å². The molecular formula is C28H26N2O3. The van der Waals surface area contributed by atoms with E-state index in [4.69, 9.17) is 4.84 Å². The van der Waals surface area contributed by atoms with Crippen LogP contribution < -0.4 is 4.90 Å². The lowest BCUT2D eigenvalue weighted by molar-refractivity contribution is -0.120. The van der Waals surface area contributed by atoms with Crippen LogP contribution in [0.3, 0.4) is 0 Å². The van der Waals surface area contributed by atoms with E-state index in [1.807, 2.05) is 54.6 Å². The lowest BCUT2D eigenvalue weighted by atomic mass is 9.94. The Labute approximate surface area is 193 Å². The van der Waals surface area contributed by atoms with Gasteiger partial charge in [0.25, 0.3) is 5.91 Å². The summed E-state index contributed by atoms with van der Waals surface area (Å²) in [7, 11) is 0. The highest BCUT2D eigenvalue weighted by atomic mass is 16.6. The quantitative estimate of drug-likeness (QED) is 0.569. The van der Waals surface area contributed by atoms with Crippen LogP contribution in [-0.4, -0.2) is 23.6 Å². The number of benzene rings is 3. The standard InChI is InChI=1S/C28H26N2O3/c1-2-19-11-13-21(14-12-19)25-17-23(33-29-25)18-27(31)30-26-10-6-4-8-22(26)16-15-20-7-3-5-9-24(20)28(30)32/h3-14,23H,2,15-18H2,1H3. The van der Waals surface area contributed by atoms with Gasteiger partial charge in [0, 0.05) is 12.0 Å². The van der Waals surface area contributed by atoms with E-state index < -0.39 is 0 Å².